The number of nitro benzene ring substituents is 1. The van der Waals surface area contributed by atoms with E-state index < -0.39 is 4.92 Å². The van der Waals surface area contributed by atoms with Crippen molar-refractivity contribution >= 4 is 11.6 Å². The number of amides is 1. The minimum Gasteiger partial charge on any atom is -0.456 e. The van der Waals surface area contributed by atoms with E-state index >= 15 is 0 Å². The Kier molecular flexibility index (Phi) is 4.37. The predicted octanol–water partition coefficient (Wildman–Crippen LogP) is 3.02. The number of aryl methyl sites for hydroxylation is 1. The Hall–Kier alpha value is -2.63. The highest BCUT2D eigenvalue weighted by atomic mass is 16.6. The van der Waals surface area contributed by atoms with Gasteiger partial charge >= 0.3 is 0 Å². The molecular formula is C15H16N2O4. The molecule has 0 aliphatic carbocycles. The van der Waals surface area contributed by atoms with Gasteiger partial charge in [-0.15, -0.1) is 0 Å². The quantitative estimate of drug-likeness (QED) is 0.626. The molecule has 0 N–H and O–H groups in total. The molecule has 1 aromatic heterocycles. The standard InChI is InChI=1S/C15H16N2O4/c1-3-13-7-8-14(21-13)15(18)16(2)10-11-5-4-6-12(9-11)17(19)20/h4-9H,3,10H2,1-2H3. The molecule has 110 valence electrons. The molecule has 0 unspecified atom stereocenters. The number of nitro groups is 1. The van der Waals surface area contributed by atoms with E-state index in [2.05, 4.69) is 0 Å². The maximum Gasteiger partial charge on any atom is 0.289 e. The van der Waals surface area contributed by atoms with Crippen LogP contribution in [0.5, 0.6) is 0 Å². The second-order valence-corrected chi connectivity index (χ2v) is 4.71. The maximum atomic E-state index is 12.2. The van der Waals surface area contributed by atoms with Gasteiger partial charge in [0.2, 0.25) is 0 Å². The van der Waals surface area contributed by atoms with Crippen molar-refractivity contribution < 1.29 is 14.1 Å². The Morgan fingerprint density at radius 2 is 2.10 bits per heavy atom. The third kappa shape index (κ3) is 3.47. The highest BCUT2D eigenvalue weighted by Gasteiger charge is 2.16. The monoisotopic (exact) mass is 288 g/mol. The molecule has 2 aromatic rings. The second kappa shape index (κ2) is 6.21. The zero-order chi connectivity index (χ0) is 15.4. The molecule has 21 heavy (non-hydrogen) atoms. The number of non-ortho nitro benzene ring substituents is 1. The van der Waals surface area contributed by atoms with E-state index in [1.165, 1.54) is 17.0 Å². The summed E-state index contributed by atoms with van der Waals surface area (Å²) in [7, 11) is 1.63. The summed E-state index contributed by atoms with van der Waals surface area (Å²) in [5, 5.41) is 10.7. The first-order valence-corrected chi connectivity index (χ1v) is 6.58. The summed E-state index contributed by atoms with van der Waals surface area (Å²) in [4.78, 5) is 24.0. The lowest BCUT2D eigenvalue weighted by Crippen LogP contribution is -2.25. The molecule has 1 heterocycles. The number of nitrogens with zero attached hydrogens (tertiary/aromatic N) is 2. The van der Waals surface area contributed by atoms with Crippen LogP contribution in [-0.4, -0.2) is 22.8 Å². The van der Waals surface area contributed by atoms with Gasteiger partial charge in [-0.05, 0) is 17.7 Å². The summed E-state index contributed by atoms with van der Waals surface area (Å²) >= 11 is 0. The highest BCUT2D eigenvalue weighted by Crippen LogP contribution is 2.16. The van der Waals surface area contributed by atoms with Crippen molar-refractivity contribution in [2.24, 2.45) is 0 Å². The first-order chi connectivity index (χ1) is 10.0. The zero-order valence-electron chi connectivity index (χ0n) is 11.9. The van der Waals surface area contributed by atoms with Crippen LogP contribution < -0.4 is 0 Å². The largest absolute Gasteiger partial charge is 0.456 e. The van der Waals surface area contributed by atoms with Gasteiger partial charge in [-0.3, -0.25) is 14.9 Å². The van der Waals surface area contributed by atoms with Gasteiger partial charge in [0.25, 0.3) is 11.6 Å². The van der Waals surface area contributed by atoms with Crippen LogP contribution in [0.1, 0.15) is 28.8 Å². The summed E-state index contributed by atoms with van der Waals surface area (Å²) in [5.41, 5.74) is 0.710. The van der Waals surface area contributed by atoms with E-state index in [9.17, 15) is 14.9 Å². The molecule has 0 fully saturated rings. The van der Waals surface area contributed by atoms with Crippen molar-refractivity contribution in [2.75, 3.05) is 7.05 Å². The summed E-state index contributed by atoms with van der Waals surface area (Å²) in [5.74, 6) is 0.781. The average Bonchev–Trinajstić information content (AvgIpc) is 2.95. The van der Waals surface area contributed by atoms with Crippen molar-refractivity contribution in [3.63, 3.8) is 0 Å². The van der Waals surface area contributed by atoms with Crippen LogP contribution in [0.3, 0.4) is 0 Å². The molecule has 6 heteroatoms. The van der Waals surface area contributed by atoms with Crippen LogP contribution in [-0.2, 0) is 13.0 Å². The minimum absolute atomic E-state index is 0.0135. The molecular weight excluding hydrogens is 272 g/mol. The Bertz CT molecular complexity index is 663. The smallest absolute Gasteiger partial charge is 0.289 e. The van der Waals surface area contributed by atoms with E-state index in [4.69, 9.17) is 4.42 Å². The molecule has 6 nitrogen and oxygen atoms in total. The van der Waals surface area contributed by atoms with Gasteiger partial charge in [0.05, 0.1) is 4.92 Å². The minimum atomic E-state index is -0.453. The van der Waals surface area contributed by atoms with E-state index in [0.29, 0.717) is 5.56 Å². The lowest BCUT2D eigenvalue weighted by atomic mass is 10.2. The van der Waals surface area contributed by atoms with Crippen LogP contribution in [0.25, 0.3) is 0 Å². The third-order valence-corrected chi connectivity index (χ3v) is 3.11. The number of carbonyl (C=O) groups excluding carboxylic acids is 1. The normalized spacial score (nSPS) is 10.4. The van der Waals surface area contributed by atoms with E-state index in [1.807, 2.05) is 6.92 Å². The Morgan fingerprint density at radius 3 is 2.71 bits per heavy atom. The zero-order valence-corrected chi connectivity index (χ0v) is 11.9. The number of hydrogen-bond acceptors (Lipinski definition) is 4. The lowest BCUT2D eigenvalue weighted by Gasteiger charge is -2.15. The van der Waals surface area contributed by atoms with Gasteiger partial charge in [-0.25, -0.2) is 0 Å². The molecule has 0 saturated carbocycles. The van der Waals surface area contributed by atoms with Gasteiger partial charge < -0.3 is 9.32 Å². The predicted molar refractivity (Wildman–Crippen MR) is 77.0 cm³/mol. The van der Waals surface area contributed by atoms with Crippen molar-refractivity contribution in [3.8, 4) is 0 Å². The molecule has 0 atom stereocenters. The van der Waals surface area contributed by atoms with Gasteiger partial charge in [0, 0.05) is 32.1 Å². The second-order valence-electron chi connectivity index (χ2n) is 4.71. The topological polar surface area (TPSA) is 76.6 Å². The van der Waals surface area contributed by atoms with Gasteiger partial charge in [0.1, 0.15) is 5.76 Å². The van der Waals surface area contributed by atoms with Crippen LogP contribution in [0.4, 0.5) is 5.69 Å². The number of carbonyl (C=O) groups is 1. The Morgan fingerprint density at radius 1 is 1.33 bits per heavy atom. The van der Waals surface area contributed by atoms with E-state index in [-0.39, 0.29) is 23.9 Å². The Balaban J connectivity index is 2.10. The SMILES string of the molecule is CCc1ccc(C(=O)N(C)Cc2cccc([N+](=O)[O-])c2)o1. The molecule has 0 saturated heterocycles. The van der Waals surface area contributed by atoms with Crippen LogP contribution in [0.15, 0.2) is 40.8 Å². The lowest BCUT2D eigenvalue weighted by molar-refractivity contribution is -0.384. The number of rotatable bonds is 5. The van der Waals surface area contributed by atoms with Gasteiger partial charge in [0.15, 0.2) is 5.76 Å². The first-order valence-electron chi connectivity index (χ1n) is 6.58. The number of benzene rings is 1. The maximum absolute atomic E-state index is 12.2. The summed E-state index contributed by atoms with van der Waals surface area (Å²) in [6.07, 6.45) is 0.724. The van der Waals surface area contributed by atoms with Crippen molar-refractivity contribution in [1.82, 2.24) is 4.90 Å². The van der Waals surface area contributed by atoms with Crippen molar-refractivity contribution in [3.05, 3.63) is 63.6 Å². The molecule has 1 amide bonds. The summed E-state index contributed by atoms with van der Waals surface area (Å²) < 4.78 is 5.42. The molecule has 0 aliphatic rings. The molecule has 2 rings (SSSR count). The van der Waals surface area contributed by atoms with Crippen LogP contribution in [0.2, 0.25) is 0 Å². The fourth-order valence-electron chi connectivity index (χ4n) is 1.99. The fourth-order valence-corrected chi connectivity index (χ4v) is 1.99. The average molecular weight is 288 g/mol. The van der Waals surface area contributed by atoms with Crippen LogP contribution in [0, 0.1) is 10.1 Å². The van der Waals surface area contributed by atoms with E-state index in [0.717, 1.165) is 12.2 Å². The third-order valence-electron chi connectivity index (χ3n) is 3.11. The summed E-state index contributed by atoms with van der Waals surface area (Å²) in [6.45, 7) is 2.22. The number of furan rings is 1. The molecule has 0 aliphatic heterocycles. The highest BCUT2D eigenvalue weighted by molar-refractivity contribution is 5.91. The summed E-state index contributed by atoms with van der Waals surface area (Å²) in [6, 6.07) is 9.65. The van der Waals surface area contributed by atoms with Crippen molar-refractivity contribution in [1.29, 1.82) is 0 Å². The molecule has 0 spiro atoms. The Labute approximate surface area is 122 Å². The first kappa shape index (κ1) is 14.8. The van der Waals surface area contributed by atoms with Crippen molar-refractivity contribution in [2.45, 2.75) is 19.9 Å². The molecule has 1 aromatic carbocycles. The van der Waals surface area contributed by atoms with Crippen LogP contribution >= 0.6 is 0 Å². The molecule has 0 radical (unpaired) electrons. The van der Waals surface area contributed by atoms with Gasteiger partial charge in [-0.2, -0.15) is 0 Å². The van der Waals surface area contributed by atoms with E-state index in [1.54, 1.807) is 31.3 Å². The van der Waals surface area contributed by atoms with Gasteiger partial charge in [-0.1, -0.05) is 19.1 Å². The fraction of sp³-hybridized carbons (Fsp3) is 0.267. The number of hydrogen-bond donors (Lipinski definition) is 0. The molecule has 0 bridgehead atoms.